The van der Waals surface area contributed by atoms with Crippen molar-refractivity contribution in [1.82, 2.24) is 4.90 Å². The molecule has 164 valence electrons. The molecule has 0 radical (unpaired) electrons. The number of rotatable bonds is 7. The lowest BCUT2D eigenvalue weighted by Gasteiger charge is -2.19. The number of hydrogen-bond acceptors (Lipinski definition) is 5. The zero-order valence-electron chi connectivity index (χ0n) is 16.7. The van der Waals surface area contributed by atoms with Crippen LogP contribution in [0.15, 0.2) is 47.4 Å². The average Bonchev–Trinajstić information content (AvgIpc) is 3.27. The molecule has 2 N–H and O–H groups in total. The van der Waals surface area contributed by atoms with Crippen LogP contribution in [0.1, 0.15) is 28.8 Å². The van der Waals surface area contributed by atoms with E-state index >= 15 is 0 Å². The Labute approximate surface area is 185 Å². The van der Waals surface area contributed by atoms with Crippen molar-refractivity contribution in [3.63, 3.8) is 0 Å². The van der Waals surface area contributed by atoms with Crippen LogP contribution in [0.5, 0.6) is 5.75 Å². The number of amides is 1. The molecule has 1 saturated heterocycles. The van der Waals surface area contributed by atoms with Crippen LogP contribution in [0.3, 0.4) is 0 Å². The molecule has 3 rings (SSSR count). The summed E-state index contributed by atoms with van der Waals surface area (Å²) in [5.74, 6) is -1.39. The minimum atomic E-state index is -4.18. The first kappa shape index (κ1) is 22.6. The van der Waals surface area contributed by atoms with Crippen LogP contribution >= 0.6 is 11.6 Å². The summed E-state index contributed by atoms with van der Waals surface area (Å²) in [5, 5.41) is 9.11. The van der Waals surface area contributed by atoms with Crippen LogP contribution in [0.25, 0.3) is 6.08 Å². The zero-order valence-corrected chi connectivity index (χ0v) is 18.2. The molecule has 1 amide bonds. The van der Waals surface area contributed by atoms with Gasteiger partial charge in [0.1, 0.15) is 10.6 Å². The first-order chi connectivity index (χ1) is 14.7. The summed E-state index contributed by atoms with van der Waals surface area (Å²) in [6.45, 7) is 1.20. The zero-order chi connectivity index (χ0) is 22.6. The Kier molecular flexibility index (Phi) is 6.87. The summed E-state index contributed by atoms with van der Waals surface area (Å²) >= 11 is 6.06. The van der Waals surface area contributed by atoms with E-state index in [4.69, 9.17) is 21.4 Å². The highest BCUT2D eigenvalue weighted by molar-refractivity contribution is 7.92. The summed E-state index contributed by atoms with van der Waals surface area (Å²) in [6.07, 6.45) is 3.95. The minimum absolute atomic E-state index is 0.0707. The van der Waals surface area contributed by atoms with E-state index in [-0.39, 0.29) is 27.8 Å². The van der Waals surface area contributed by atoms with Crippen LogP contribution in [-0.4, -0.2) is 50.5 Å². The molecule has 1 fully saturated rings. The van der Waals surface area contributed by atoms with Gasteiger partial charge >= 0.3 is 5.97 Å². The number of carbonyl (C=O) groups excluding carboxylic acids is 1. The molecule has 0 atom stereocenters. The van der Waals surface area contributed by atoms with Gasteiger partial charge in [-0.15, -0.1) is 0 Å². The second-order valence-corrected chi connectivity index (χ2v) is 8.96. The number of aliphatic carboxylic acids is 1. The van der Waals surface area contributed by atoms with Gasteiger partial charge in [-0.05, 0) is 54.8 Å². The van der Waals surface area contributed by atoms with Crippen molar-refractivity contribution in [2.75, 3.05) is 24.9 Å². The fourth-order valence-corrected chi connectivity index (χ4v) is 4.70. The number of methoxy groups -OCH3 is 1. The maximum atomic E-state index is 13.2. The molecule has 1 heterocycles. The van der Waals surface area contributed by atoms with E-state index in [2.05, 4.69) is 4.72 Å². The first-order valence-corrected chi connectivity index (χ1v) is 11.3. The standard InChI is InChI=1S/C21H21ClN2O6S/c1-30-18-8-4-14(5-9-20(25)26)12-19(18)31(28,29)23-17-7-6-15(22)13-16(17)21(27)24-10-2-3-11-24/h4-9,12-13,23H,2-3,10-11H2,1H3,(H,25,26)/b9-5+. The van der Waals surface area contributed by atoms with E-state index < -0.39 is 16.0 Å². The molecule has 0 spiro atoms. The number of anilines is 1. The van der Waals surface area contributed by atoms with Crippen molar-refractivity contribution in [3.05, 3.63) is 58.6 Å². The largest absolute Gasteiger partial charge is 0.495 e. The predicted molar refractivity (Wildman–Crippen MR) is 117 cm³/mol. The Bertz CT molecular complexity index is 1140. The van der Waals surface area contributed by atoms with Gasteiger partial charge < -0.3 is 14.7 Å². The highest BCUT2D eigenvalue weighted by Crippen LogP contribution is 2.30. The molecule has 0 aliphatic carbocycles. The SMILES string of the molecule is COc1ccc(/C=C/C(=O)O)cc1S(=O)(=O)Nc1ccc(Cl)cc1C(=O)N1CCCC1. The monoisotopic (exact) mass is 464 g/mol. The van der Waals surface area contributed by atoms with Gasteiger partial charge in [0.25, 0.3) is 15.9 Å². The van der Waals surface area contributed by atoms with E-state index in [0.29, 0.717) is 23.7 Å². The molecule has 8 nitrogen and oxygen atoms in total. The van der Waals surface area contributed by atoms with Crippen molar-refractivity contribution in [3.8, 4) is 5.75 Å². The smallest absolute Gasteiger partial charge is 0.328 e. The number of carboxylic acids is 1. The predicted octanol–water partition coefficient (Wildman–Crippen LogP) is 3.48. The van der Waals surface area contributed by atoms with Crippen LogP contribution in [0.4, 0.5) is 5.69 Å². The van der Waals surface area contributed by atoms with Crippen LogP contribution in [0, 0.1) is 0 Å². The number of carbonyl (C=O) groups is 2. The molecule has 10 heteroatoms. The van der Waals surface area contributed by atoms with E-state index in [1.165, 1.54) is 49.6 Å². The molecule has 2 aromatic carbocycles. The molecule has 0 unspecified atom stereocenters. The van der Waals surface area contributed by atoms with Crippen molar-refractivity contribution >= 4 is 45.3 Å². The molecule has 0 bridgehead atoms. The van der Waals surface area contributed by atoms with Gasteiger partial charge in [0.2, 0.25) is 0 Å². The number of sulfonamides is 1. The minimum Gasteiger partial charge on any atom is -0.495 e. The third kappa shape index (κ3) is 5.36. The highest BCUT2D eigenvalue weighted by Gasteiger charge is 2.26. The van der Waals surface area contributed by atoms with Gasteiger partial charge in [-0.25, -0.2) is 13.2 Å². The van der Waals surface area contributed by atoms with E-state index in [9.17, 15) is 18.0 Å². The number of hydrogen-bond donors (Lipinski definition) is 2. The van der Waals surface area contributed by atoms with Gasteiger partial charge in [-0.3, -0.25) is 9.52 Å². The maximum absolute atomic E-state index is 13.2. The molecule has 1 aliphatic heterocycles. The van der Waals surface area contributed by atoms with Gasteiger partial charge in [-0.2, -0.15) is 0 Å². The third-order valence-electron chi connectivity index (χ3n) is 4.75. The molecular formula is C21H21ClN2O6S. The molecule has 1 aliphatic rings. The number of nitrogens with one attached hydrogen (secondary N) is 1. The second kappa shape index (κ2) is 9.40. The summed E-state index contributed by atoms with van der Waals surface area (Å²) in [7, 11) is -2.85. The first-order valence-electron chi connectivity index (χ1n) is 9.42. The lowest BCUT2D eigenvalue weighted by molar-refractivity contribution is -0.131. The van der Waals surface area contributed by atoms with E-state index in [1.807, 2.05) is 0 Å². The van der Waals surface area contributed by atoms with Gasteiger partial charge in [0.15, 0.2) is 0 Å². The fraction of sp³-hybridized carbons (Fsp3) is 0.238. The third-order valence-corrected chi connectivity index (χ3v) is 6.37. The Morgan fingerprint density at radius 2 is 1.87 bits per heavy atom. The molecule has 0 saturated carbocycles. The van der Waals surface area contributed by atoms with E-state index in [1.54, 1.807) is 4.90 Å². The molecular weight excluding hydrogens is 444 g/mol. The fourth-order valence-electron chi connectivity index (χ4n) is 3.25. The number of nitrogens with zero attached hydrogens (tertiary/aromatic N) is 1. The van der Waals surface area contributed by atoms with Gasteiger partial charge in [-0.1, -0.05) is 17.7 Å². The highest BCUT2D eigenvalue weighted by atomic mass is 35.5. The van der Waals surface area contributed by atoms with Crippen molar-refractivity contribution < 1.29 is 27.9 Å². The van der Waals surface area contributed by atoms with Crippen molar-refractivity contribution in [2.24, 2.45) is 0 Å². The lowest BCUT2D eigenvalue weighted by atomic mass is 10.1. The number of ether oxygens (including phenoxy) is 1. The quantitative estimate of drug-likeness (QED) is 0.606. The topological polar surface area (TPSA) is 113 Å². The lowest BCUT2D eigenvalue weighted by Crippen LogP contribution is -2.29. The number of benzene rings is 2. The molecule has 0 aromatic heterocycles. The van der Waals surface area contributed by atoms with Crippen LogP contribution in [-0.2, 0) is 14.8 Å². The summed E-state index contributed by atoms with van der Waals surface area (Å²) < 4.78 is 33.9. The van der Waals surface area contributed by atoms with Gasteiger partial charge in [0, 0.05) is 24.2 Å². The molecule has 2 aromatic rings. The van der Waals surface area contributed by atoms with Crippen molar-refractivity contribution in [1.29, 1.82) is 0 Å². The summed E-state index contributed by atoms with van der Waals surface area (Å²) in [4.78, 5) is 25.1. The number of halogens is 1. The Balaban J connectivity index is 2.00. The molecule has 31 heavy (non-hydrogen) atoms. The van der Waals surface area contributed by atoms with Gasteiger partial charge in [0.05, 0.1) is 18.4 Å². The second-order valence-electron chi connectivity index (χ2n) is 6.88. The normalized spacial score (nSPS) is 14.1. The average molecular weight is 465 g/mol. The Morgan fingerprint density at radius 3 is 2.52 bits per heavy atom. The summed E-state index contributed by atoms with van der Waals surface area (Å²) in [5.41, 5.74) is 0.599. The number of likely N-dealkylation sites (tertiary alicyclic amines) is 1. The van der Waals surface area contributed by atoms with Crippen LogP contribution in [0.2, 0.25) is 5.02 Å². The van der Waals surface area contributed by atoms with E-state index in [0.717, 1.165) is 18.9 Å². The Hall–Kier alpha value is -3.04. The van der Waals surface area contributed by atoms with Crippen molar-refractivity contribution in [2.45, 2.75) is 17.7 Å². The Morgan fingerprint density at radius 1 is 1.16 bits per heavy atom. The number of carboxylic acid groups (broad SMARTS) is 1. The van der Waals surface area contributed by atoms with Crippen LogP contribution < -0.4 is 9.46 Å². The maximum Gasteiger partial charge on any atom is 0.328 e. The summed E-state index contributed by atoms with van der Waals surface area (Å²) in [6, 6.07) is 8.60.